The minimum Gasteiger partial charge on any atom is -0.299 e. The number of carbonyl (C=O) groups excluding carboxylic acids is 1. The van der Waals surface area contributed by atoms with Crippen molar-refractivity contribution in [3.8, 4) is 0 Å². The monoisotopic (exact) mass is 566 g/mol. The first-order valence-electron chi connectivity index (χ1n) is 16.1. The summed E-state index contributed by atoms with van der Waals surface area (Å²) >= 11 is 0. The molecule has 1 heteroatoms. The van der Waals surface area contributed by atoms with E-state index < -0.39 is 0 Å². The molecule has 2 unspecified atom stereocenters. The van der Waals surface area contributed by atoms with Gasteiger partial charge in [-0.3, -0.25) is 4.79 Å². The van der Waals surface area contributed by atoms with Crippen LogP contribution < -0.4 is 0 Å². The highest BCUT2D eigenvalue weighted by Crippen LogP contribution is 2.26. The second-order valence-electron chi connectivity index (χ2n) is 10.1. The highest BCUT2D eigenvalue weighted by molar-refractivity contribution is 5.83. The predicted molar refractivity (Wildman–Crippen MR) is 191 cm³/mol. The van der Waals surface area contributed by atoms with Crippen LogP contribution in [0.15, 0.2) is 146 Å². The zero-order valence-corrected chi connectivity index (χ0v) is 27.0. The summed E-state index contributed by atoms with van der Waals surface area (Å²) in [5.74, 6) is 0.596. The SMILES string of the molecule is CC=CC=CC=CCCC(CCC=CC=CC=CCC)C(=O)C(CCC=CC=CC=CC)CCC=CC=CC=CCC. The van der Waals surface area contributed by atoms with Gasteiger partial charge in [0.15, 0.2) is 0 Å². The summed E-state index contributed by atoms with van der Waals surface area (Å²) in [5, 5.41) is 0. The van der Waals surface area contributed by atoms with E-state index in [2.05, 4.69) is 123 Å². The molecular formula is C41H58O. The molecule has 228 valence electrons. The van der Waals surface area contributed by atoms with Crippen molar-refractivity contribution < 1.29 is 4.79 Å². The van der Waals surface area contributed by atoms with Gasteiger partial charge in [0.1, 0.15) is 5.78 Å². The Kier molecular flexibility index (Phi) is 29.4. The Morgan fingerprint density at radius 2 is 0.667 bits per heavy atom. The highest BCUT2D eigenvalue weighted by atomic mass is 16.1. The largest absolute Gasteiger partial charge is 0.299 e. The maximum atomic E-state index is 13.9. The van der Waals surface area contributed by atoms with Crippen LogP contribution >= 0.6 is 0 Å². The number of allylic oxidation sites excluding steroid dienone is 24. The molecular weight excluding hydrogens is 508 g/mol. The third kappa shape index (κ3) is 25.5. The van der Waals surface area contributed by atoms with E-state index >= 15 is 0 Å². The normalized spacial score (nSPS) is 15.3. The van der Waals surface area contributed by atoms with Crippen LogP contribution in [0.1, 0.15) is 91.9 Å². The molecule has 0 saturated heterocycles. The van der Waals surface area contributed by atoms with Gasteiger partial charge in [0.2, 0.25) is 0 Å². The Hall–Kier alpha value is -3.45. The lowest BCUT2D eigenvalue weighted by molar-refractivity contribution is -0.127. The Morgan fingerprint density at radius 3 is 0.929 bits per heavy atom. The number of ketones is 1. The van der Waals surface area contributed by atoms with Gasteiger partial charge in [-0.25, -0.2) is 0 Å². The quantitative estimate of drug-likeness (QED) is 0.106. The van der Waals surface area contributed by atoms with E-state index in [9.17, 15) is 4.79 Å². The Balaban J connectivity index is 5.50. The standard InChI is InChI=1S/C41H58O/c1-5-9-13-17-21-25-29-33-37-39(35-31-27-23-19-15-11-7-3)41(42)40(36-32-28-24-20-16-12-8-4)38-34-30-26-22-18-14-10-6-2/h7-30,39-40H,5-6,31-38H2,1-4H3. The zero-order chi connectivity index (χ0) is 30.8. The number of hydrogen-bond acceptors (Lipinski definition) is 1. The van der Waals surface area contributed by atoms with Gasteiger partial charge in [-0.05, 0) is 78.1 Å². The van der Waals surface area contributed by atoms with E-state index in [1.54, 1.807) is 0 Å². The van der Waals surface area contributed by atoms with Crippen LogP contribution in [0, 0.1) is 11.8 Å². The van der Waals surface area contributed by atoms with Crippen molar-refractivity contribution in [1.29, 1.82) is 0 Å². The van der Waals surface area contributed by atoms with Gasteiger partial charge in [0, 0.05) is 11.8 Å². The molecule has 0 rings (SSSR count). The van der Waals surface area contributed by atoms with Gasteiger partial charge in [-0.1, -0.05) is 160 Å². The van der Waals surface area contributed by atoms with Crippen LogP contribution in [0.4, 0.5) is 0 Å². The van der Waals surface area contributed by atoms with Crippen molar-refractivity contribution in [2.24, 2.45) is 11.8 Å². The molecule has 0 radical (unpaired) electrons. The zero-order valence-electron chi connectivity index (χ0n) is 27.0. The molecule has 0 aliphatic rings. The number of rotatable bonds is 24. The minimum absolute atomic E-state index is 0.0782. The average molecular weight is 567 g/mol. The highest BCUT2D eigenvalue weighted by Gasteiger charge is 2.25. The molecule has 0 amide bonds. The summed E-state index contributed by atoms with van der Waals surface area (Å²) in [4.78, 5) is 13.9. The predicted octanol–water partition coefficient (Wildman–Crippen LogP) is 12.4. The van der Waals surface area contributed by atoms with Crippen molar-refractivity contribution in [1.82, 2.24) is 0 Å². The van der Waals surface area contributed by atoms with Crippen LogP contribution in [0.5, 0.6) is 0 Å². The van der Waals surface area contributed by atoms with Gasteiger partial charge < -0.3 is 0 Å². The van der Waals surface area contributed by atoms with Crippen molar-refractivity contribution in [2.45, 2.75) is 91.9 Å². The summed E-state index contributed by atoms with van der Waals surface area (Å²) in [6.45, 7) is 8.30. The maximum Gasteiger partial charge on any atom is 0.139 e. The third-order valence-corrected chi connectivity index (χ3v) is 6.54. The molecule has 0 aromatic carbocycles. The molecule has 0 heterocycles. The molecule has 0 aliphatic carbocycles. The fraction of sp³-hybridized carbons (Fsp3) is 0.390. The van der Waals surface area contributed by atoms with E-state index in [1.807, 2.05) is 50.3 Å². The number of Topliss-reactive ketones (excluding diaryl/α,β-unsaturated/α-hetero) is 1. The summed E-state index contributed by atoms with van der Waals surface area (Å²) in [6.07, 6.45) is 59.5. The lowest BCUT2D eigenvalue weighted by atomic mass is 9.82. The molecule has 0 spiro atoms. The van der Waals surface area contributed by atoms with Crippen LogP contribution in [0.3, 0.4) is 0 Å². The minimum atomic E-state index is 0.0782. The summed E-state index contributed by atoms with van der Waals surface area (Å²) < 4.78 is 0. The lowest BCUT2D eigenvalue weighted by Gasteiger charge is -2.21. The van der Waals surface area contributed by atoms with E-state index in [4.69, 9.17) is 0 Å². The Labute approximate surface area is 259 Å². The van der Waals surface area contributed by atoms with Crippen LogP contribution in [-0.4, -0.2) is 5.78 Å². The van der Waals surface area contributed by atoms with E-state index in [0.29, 0.717) is 5.78 Å². The van der Waals surface area contributed by atoms with Crippen molar-refractivity contribution >= 4 is 5.78 Å². The average Bonchev–Trinajstić information content (AvgIpc) is 3.00. The number of hydrogen-bond donors (Lipinski definition) is 0. The first kappa shape index (κ1) is 38.6. The first-order chi connectivity index (χ1) is 20.7. The maximum absolute atomic E-state index is 13.9. The van der Waals surface area contributed by atoms with Crippen LogP contribution in [-0.2, 0) is 4.79 Å². The number of carbonyl (C=O) groups is 1. The molecule has 2 atom stereocenters. The van der Waals surface area contributed by atoms with E-state index in [1.165, 1.54) is 0 Å². The first-order valence-corrected chi connectivity index (χ1v) is 16.1. The van der Waals surface area contributed by atoms with Gasteiger partial charge in [-0.2, -0.15) is 0 Å². The van der Waals surface area contributed by atoms with Gasteiger partial charge in [0.05, 0.1) is 0 Å². The molecule has 0 saturated carbocycles. The lowest BCUT2D eigenvalue weighted by Crippen LogP contribution is -2.24. The molecule has 0 aromatic heterocycles. The van der Waals surface area contributed by atoms with Crippen LogP contribution in [0.2, 0.25) is 0 Å². The molecule has 0 aliphatic heterocycles. The van der Waals surface area contributed by atoms with Gasteiger partial charge in [-0.15, -0.1) is 0 Å². The summed E-state index contributed by atoms with van der Waals surface area (Å²) in [6, 6.07) is 0. The van der Waals surface area contributed by atoms with Crippen LogP contribution in [0.25, 0.3) is 0 Å². The van der Waals surface area contributed by atoms with Crippen molar-refractivity contribution in [3.05, 3.63) is 146 Å². The molecule has 0 aromatic rings. The van der Waals surface area contributed by atoms with E-state index in [-0.39, 0.29) is 11.8 Å². The second kappa shape index (κ2) is 32.1. The topological polar surface area (TPSA) is 17.1 Å². The second-order valence-corrected chi connectivity index (χ2v) is 10.1. The van der Waals surface area contributed by atoms with Crippen molar-refractivity contribution in [2.75, 3.05) is 0 Å². The Morgan fingerprint density at radius 1 is 0.405 bits per heavy atom. The molecule has 0 fully saturated rings. The molecule has 1 nitrogen and oxygen atoms in total. The molecule has 0 bridgehead atoms. The van der Waals surface area contributed by atoms with Gasteiger partial charge in [0.25, 0.3) is 0 Å². The third-order valence-electron chi connectivity index (χ3n) is 6.54. The fourth-order valence-electron chi connectivity index (χ4n) is 4.24. The smallest absolute Gasteiger partial charge is 0.139 e. The Bertz CT molecular complexity index is 917. The van der Waals surface area contributed by atoms with Gasteiger partial charge >= 0.3 is 0 Å². The molecule has 42 heavy (non-hydrogen) atoms. The fourth-order valence-corrected chi connectivity index (χ4v) is 4.24. The van der Waals surface area contributed by atoms with E-state index in [0.717, 1.165) is 64.2 Å². The molecule has 0 N–H and O–H groups in total. The summed E-state index contributed by atoms with van der Waals surface area (Å²) in [5.41, 5.74) is 0. The summed E-state index contributed by atoms with van der Waals surface area (Å²) in [7, 11) is 0. The van der Waals surface area contributed by atoms with Crippen molar-refractivity contribution in [3.63, 3.8) is 0 Å².